The van der Waals surface area contributed by atoms with E-state index in [1.54, 1.807) is 37.4 Å². The highest BCUT2D eigenvalue weighted by atomic mass is 32.1. The minimum Gasteiger partial charge on any atom is -0.497 e. The summed E-state index contributed by atoms with van der Waals surface area (Å²) in [4.78, 5) is 23.7. The first-order valence-electron chi connectivity index (χ1n) is 5.88. The van der Waals surface area contributed by atoms with E-state index in [1.807, 2.05) is 0 Å². The van der Waals surface area contributed by atoms with Gasteiger partial charge in [-0.05, 0) is 30.3 Å². The molecule has 3 rings (SSSR count). The van der Waals surface area contributed by atoms with Gasteiger partial charge in [0.05, 0.1) is 17.4 Å². The zero-order valence-electron chi connectivity index (χ0n) is 10.5. The lowest BCUT2D eigenvalue weighted by molar-refractivity contribution is 0.0699. The van der Waals surface area contributed by atoms with Crippen molar-refractivity contribution in [1.82, 2.24) is 0 Å². The first kappa shape index (κ1) is 12.6. The molecular formula is C15H10O4S. The number of methoxy groups -OCH3 is 1. The lowest BCUT2D eigenvalue weighted by Gasteiger charge is -2.05. The largest absolute Gasteiger partial charge is 0.497 e. The molecule has 0 fully saturated rings. The van der Waals surface area contributed by atoms with Crippen molar-refractivity contribution >= 4 is 37.5 Å². The van der Waals surface area contributed by atoms with Crippen LogP contribution in [0.15, 0.2) is 41.2 Å². The van der Waals surface area contributed by atoms with E-state index in [2.05, 4.69) is 0 Å². The highest BCUT2D eigenvalue weighted by Crippen LogP contribution is 2.29. The van der Waals surface area contributed by atoms with Crippen LogP contribution in [0.3, 0.4) is 0 Å². The number of carboxylic acid groups (broad SMARTS) is 1. The molecule has 0 aliphatic rings. The summed E-state index contributed by atoms with van der Waals surface area (Å²) in [7, 11) is 1.54. The average molecular weight is 286 g/mol. The van der Waals surface area contributed by atoms with E-state index in [1.165, 1.54) is 17.4 Å². The smallest absolute Gasteiger partial charge is 0.337 e. The molecule has 3 aromatic rings. The molecule has 0 unspecified atom stereocenters. The summed E-state index contributed by atoms with van der Waals surface area (Å²) in [6.07, 6.45) is 0. The number of fused-ring (bicyclic) bond motifs is 2. The maximum absolute atomic E-state index is 12.5. The fraction of sp³-hybridized carbons (Fsp3) is 0.0667. The number of carbonyl (C=O) groups is 1. The zero-order chi connectivity index (χ0) is 14.3. The summed E-state index contributed by atoms with van der Waals surface area (Å²) in [6, 6.07) is 9.97. The number of ether oxygens (including phenoxy) is 1. The normalized spacial score (nSPS) is 10.8. The van der Waals surface area contributed by atoms with Gasteiger partial charge in [0.25, 0.3) is 0 Å². The molecule has 0 aliphatic carbocycles. The number of carboxylic acids is 1. The van der Waals surface area contributed by atoms with E-state index in [9.17, 15) is 14.7 Å². The predicted molar refractivity (Wildman–Crippen MR) is 79.1 cm³/mol. The quantitative estimate of drug-likeness (QED) is 0.735. The van der Waals surface area contributed by atoms with Gasteiger partial charge in [0.1, 0.15) is 5.75 Å². The van der Waals surface area contributed by atoms with Crippen LogP contribution in [0.2, 0.25) is 0 Å². The molecule has 5 heteroatoms. The molecule has 1 aromatic heterocycles. The Morgan fingerprint density at radius 1 is 1.20 bits per heavy atom. The number of benzene rings is 2. The molecule has 20 heavy (non-hydrogen) atoms. The molecule has 0 saturated heterocycles. The third-order valence-electron chi connectivity index (χ3n) is 3.13. The Morgan fingerprint density at radius 3 is 2.70 bits per heavy atom. The Labute approximate surface area is 117 Å². The van der Waals surface area contributed by atoms with E-state index in [0.717, 1.165) is 4.70 Å². The van der Waals surface area contributed by atoms with Gasteiger partial charge in [-0.2, -0.15) is 0 Å². The van der Waals surface area contributed by atoms with Gasteiger partial charge in [-0.25, -0.2) is 4.79 Å². The van der Waals surface area contributed by atoms with Gasteiger partial charge < -0.3 is 9.84 Å². The molecule has 0 bridgehead atoms. The van der Waals surface area contributed by atoms with E-state index in [0.29, 0.717) is 21.2 Å². The fourth-order valence-electron chi connectivity index (χ4n) is 2.15. The molecular weight excluding hydrogens is 276 g/mol. The van der Waals surface area contributed by atoms with Crippen molar-refractivity contribution in [1.29, 1.82) is 0 Å². The van der Waals surface area contributed by atoms with E-state index < -0.39 is 5.97 Å². The lowest BCUT2D eigenvalue weighted by atomic mass is 10.1. The molecule has 0 saturated carbocycles. The van der Waals surface area contributed by atoms with Crippen LogP contribution in [0.5, 0.6) is 5.75 Å². The molecule has 1 heterocycles. The van der Waals surface area contributed by atoms with E-state index in [4.69, 9.17) is 4.74 Å². The third-order valence-corrected chi connectivity index (χ3v) is 4.35. The molecule has 0 amide bonds. The predicted octanol–water partition coefficient (Wildman–Crippen LogP) is 3.12. The van der Waals surface area contributed by atoms with Crippen LogP contribution in [0, 0.1) is 0 Å². The lowest BCUT2D eigenvalue weighted by Crippen LogP contribution is -2.04. The highest BCUT2D eigenvalue weighted by molar-refractivity contribution is 7.24. The van der Waals surface area contributed by atoms with Crippen molar-refractivity contribution in [2.45, 2.75) is 0 Å². The summed E-state index contributed by atoms with van der Waals surface area (Å²) in [6.45, 7) is 0. The second-order valence-electron chi connectivity index (χ2n) is 4.28. The van der Waals surface area contributed by atoms with Gasteiger partial charge in [-0.3, -0.25) is 4.79 Å². The van der Waals surface area contributed by atoms with Gasteiger partial charge in [-0.1, -0.05) is 6.07 Å². The molecule has 0 radical (unpaired) electrons. The summed E-state index contributed by atoms with van der Waals surface area (Å²) in [5, 5.41) is 10.2. The second-order valence-corrected chi connectivity index (χ2v) is 5.33. The topological polar surface area (TPSA) is 63.6 Å². The van der Waals surface area contributed by atoms with Crippen molar-refractivity contribution in [2.24, 2.45) is 0 Å². The van der Waals surface area contributed by atoms with Crippen molar-refractivity contribution < 1.29 is 14.6 Å². The summed E-state index contributed by atoms with van der Waals surface area (Å²) in [5.41, 5.74) is -0.0157. The minimum atomic E-state index is -1.03. The van der Waals surface area contributed by atoms with Gasteiger partial charge >= 0.3 is 5.97 Å². The highest BCUT2D eigenvalue weighted by Gasteiger charge is 2.13. The van der Waals surface area contributed by atoms with Crippen LogP contribution in [0.1, 0.15) is 10.4 Å². The monoisotopic (exact) mass is 286 g/mol. The van der Waals surface area contributed by atoms with Crippen LogP contribution < -0.4 is 10.2 Å². The molecule has 0 spiro atoms. The van der Waals surface area contributed by atoms with Gasteiger partial charge in [0.15, 0.2) is 5.43 Å². The van der Waals surface area contributed by atoms with Gasteiger partial charge in [0.2, 0.25) is 0 Å². The van der Waals surface area contributed by atoms with Crippen molar-refractivity contribution in [3.05, 3.63) is 52.2 Å². The van der Waals surface area contributed by atoms with Crippen LogP contribution in [0.4, 0.5) is 0 Å². The Morgan fingerprint density at radius 2 is 2.00 bits per heavy atom. The Hall–Kier alpha value is -2.40. The fourth-order valence-corrected chi connectivity index (χ4v) is 3.31. The molecule has 0 aliphatic heterocycles. The summed E-state index contributed by atoms with van der Waals surface area (Å²) < 4.78 is 6.37. The first-order chi connectivity index (χ1) is 9.61. The molecule has 100 valence electrons. The van der Waals surface area contributed by atoms with Gasteiger partial charge in [-0.15, -0.1) is 11.3 Å². The average Bonchev–Trinajstić information content (AvgIpc) is 2.46. The molecule has 4 nitrogen and oxygen atoms in total. The second kappa shape index (κ2) is 4.61. The van der Waals surface area contributed by atoms with Gasteiger partial charge in [0, 0.05) is 15.5 Å². The van der Waals surface area contributed by atoms with Crippen LogP contribution in [-0.4, -0.2) is 18.2 Å². The summed E-state index contributed by atoms with van der Waals surface area (Å²) in [5.74, 6) is -0.422. The van der Waals surface area contributed by atoms with Crippen LogP contribution in [-0.2, 0) is 0 Å². The Bertz CT molecular complexity index is 895. The van der Waals surface area contributed by atoms with Crippen molar-refractivity contribution in [3.63, 3.8) is 0 Å². The van der Waals surface area contributed by atoms with E-state index in [-0.39, 0.29) is 11.0 Å². The van der Waals surface area contributed by atoms with Crippen molar-refractivity contribution in [2.75, 3.05) is 7.11 Å². The van der Waals surface area contributed by atoms with Crippen molar-refractivity contribution in [3.8, 4) is 5.75 Å². The Kier molecular flexibility index (Phi) is 2.91. The number of rotatable bonds is 2. The maximum Gasteiger partial charge on any atom is 0.337 e. The SMILES string of the molecule is COc1ccc2sc3c(C(=O)O)cccc3c(=O)c2c1. The molecule has 2 aromatic carbocycles. The minimum absolute atomic E-state index is 0.155. The number of aromatic carboxylic acids is 1. The standard InChI is InChI=1S/C15H10O4S/c1-19-8-5-6-12-11(7-8)13(16)9-3-2-4-10(15(17)18)14(9)20-12/h2-7H,1H3,(H,17,18). The van der Waals surface area contributed by atoms with Crippen LogP contribution in [0.25, 0.3) is 20.2 Å². The number of hydrogen-bond acceptors (Lipinski definition) is 4. The molecule has 1 N–H and O–H groups in total. The van der Waals surface area contributed by atoms with Crippen LogP contribution >= 0.6 is 11.3 Å². The summed E-state index contributed by atoms with van der Waals surface area (Å²) >= 11 is 1.30. The zero-order valence-corrected chi connectivity index (χ0v) is 11.4. The van der Waals surface area contributed by atoms with E-state index >= 15 is 0 Å². The third kappa shape index (κ3) is 1.83. The molecule has 0 atom stereocenters. The first-order valence-corrected chi connectivity index (χ1v) is 6.70. The number of hydrogen-bond donors (Lipinski definition) is 1. The maximum atomic E-state index is 12.5. The Balaban J connectivity index is 2.50.